The maximum atomic E-state index is 12.7. The molecule has 0 radical (unpaired) electrons. The summed E-state index contributed by atoms with van der Waals surface area (Å²) in [6.45, 7) is 3.22. The summed E-state index contributed by atoms with van der Waals surface area (Å²) in [5.41, 5.74) is 0.00940. The summed E-state index contributed by atoms with van der Waals surface area (Å²) in [7, 11) is 0. The highest BCUT2D eigenvalue weighted by Crippen LogP contribution is 2.20. The Hall–Kier alpha value is -2.45. The van der Waals surface area contributed by atoms with Gasteiger partial charge >= 0.3 is 5.69 Å². The first kappa shape index (κ1) is 17.4. The Morgan fingerprint density at radius 1 is 1.32 bits per heavy atom. The lowest BCUT2D eigenvalue weighted by atomic mass is 10.3. The second kappa shape index (κ2) is 6.81. The van der Waals surface area contributed by atoms with Crippen molar-refractivity contribution < 1.29 is 4.79 Å². The predicted molar refractivity (Wildman–Crippen MR) is 98.6 cm³/mol. The van der Waals surface area contributed by atoms with Gasteiger partial charge in [-0.05, 0) is 37.5 Å². The highest BCUT2D eigenvalue weighted by molar-refractivity contribution is 7.04. The molecule has 0 saturated carbocycles. The minimum atomic E-state index is -0.540. The third-order valence-corrected chi connectivity index (χ3v) is 4.61. The molecule has 0 atom stereocenters. The van der Waals surface area contributed by atoms with E-state index in [4.69, 9.17) is 11.6 Å². The van der Waals surface area contributed by atoms with Gasteiger partial charge in [0.05, 0.1) is 16.2 Å². The number of benzene rings is 1. The van der Waals surface area contributed by atoms with Crippen molar-refractivity contribution in [3.63, 3.8) is 0 Å². The zero-order valence-electron chi connectivity index (χ0n) is 13.5. The first-order chi connectivity index (χ1) is 11.9. The van der Waals surface area contributed by atoms with Crippen molar-refractivity contribution in [2.75, 3.05) is 5.32 Å². The monoisotopic (exact) mass is 378 g/mol. The zero-order valence-corrected chi connectivity index (χ0v) is 15.1. The van der Waals surface area contributed by atoms with Crippen LogP contribution in [-0.2, 0) is 11.3 Å². The molecule has 0 unspecified atom stereocenters. The fraction of sp³-hybridized carbons (Fsp3) is 0.250. The number of nitrogens with one attached hydrogen (secondary N) is 1. The number of rotatable bonds is 4. The summed E-state index contributed by atoms with van der Waals surface area (Å²) in [5, 5.41) is 4.66. The maximum absolute atomic E-state index is 12.7. The van der Waals surface area contributed by atoms with E-state index < -0.39 is 17.2 Å². The van der Waals surface area contributed by atoms with Gasteiger partial charge in [-0.1, -0.05) is 23.7 Å². The maximum Gasteiger partial charge on any atom is 0.332 e. The van der Waals surface area contributed by atoms with Gasteiger partial charge in [0.1, 0.15) is 6.54 Å². The number of halogens is 1. The summed E-state index contributed by atoms with van der Waals surface area (Å²) >= 11 is 7.10. The van der Waals surface area contributed by atoms with Gasteiger partial charge in [0.15, 0.2) is 5.52 Å². The largest absolute Gasteiger partial charge is 0.332 e. The molecule has 130 valence electrons. The van der Waals surface area contributed by atoms with E-state index in [0.717, 1.165) is 16.1 Å². The number of hydrogen-bond acceptors (Lipinski definition) is 5. The number of nitrogens with zero attached hydrogens (tertiary/aromatic N) is 3. The van der Waals surface area contributed by atoms with Crippen LogP contribution in [-0.4, -0.2) is 19.4 Å². The molecule has 7 nitrogen and oxygen atoms in total. The molecule has 0 spiro atoms. The Morgan fingerprint density at radius 3 is 2.72 bits per heavy atom. The van der Waals surface area contributed by atoms with Crippen LogP contribution in [0.5, 0.6) is 0 Å². The summed E-state index contributed by atoms with van der Waals surface area (Å²) < 4.78 is 6.42. The predicted octanol–water partition coefficient (Wildman–Crippen LogP) is 2.49. The number of carbonyl (C=O) groups excluding carboxylic acids is 1. The third kappa shape index (κ3) is 3.22. The van der Waals surface area contributed by atoms with E-state index in [1.165, 1.54) is 4.57 Å². The van der Waals surface area contributed by atoms with Gasteiger partial charge in [0, 0.05) is 11.4 Å². The van der Waals surface area contributed by atoms with Crippen LogP contribution in [0, 0.1) is 0 Å². The molecule has 0 aliphatic rings. The molecular formula is C16H15ClN4O3S. The molecule has 0 fully saturated rings. The van der Waals surface area contributed by atoms with E-state index in [9.17, 15) is 14.4 Å². The molecule has 1 N–H and O–H groups in total. The van der Waals surface area contributed by atoms with Crippen LogP contribution in [0.25, 0.3) is 11.0 Å². The van der Waals surface area contributed by atoms with Gasteiger partial charge < -0.3 is 5.32 Å². The van der Waals surface area contributed by atoms with Crippen molar-refractivity contribution in [3.8, 4) is 0 Å². The molecule has 0 aliphatic carbocycles. The minimum absolute atomic E-state index is 0.184. The molecule has 1 aromatic carbocycles. The van der Waals surface area contributed by atoms with Gasteiger partial charge in [-0.15, -0.1) is 0 Å². The Bertz CT molecular complexity index is 1070. The van der Waals surface area contributed by atoms with Gasteiger partial charge in [-0.25, -0.2) is 4.79 Å². The Labute approximate surface area is 151 Å². The second-order valence-electron chi connectivity index (χ2n) is 5.71. The first-order valence-electron chi connectivity index (χ1n) is 7.54. The quantitative estimate of drug-likeness (QED) is 0.755. The number of fused-ring (bicyclic) bond motifs is 1. The van der Waals surface area contributed by atoms with Crippen molar-refractivity contribution in [3.05, 3.63) is 55.5 Å². The van der Waals surface area contributed by atoms with E-state index >= 15 is 0 Å². The third-order valence-electron chi connectivity index (χ3n) is 3.67. The van der Waals surface area contributed by atoms with Crippen molar-refractivity contribution in [1.29, 1.82) is 0 Å². The van der Waals surface area contributed by atoms with E-state index in [-0.39, 0.29) is 18.1 Å². The standard InChI is InChI=1S/C16H15ClN4O3S/c1-9(2)21-15(23)14-12(8-25-19-14)20(16(21)24)7-13(22)18-11-6-4-3-5-10(11)17/h3-6,8-9H,7H2,1-2H3,(H,18,22). The van der Waals surface area contributed by atoms with E-state index in [0.29, 0.717) is 16.2 Å². The molecule has 2 heterocycles. The van der Waals surface area contributed by atoms with Crippen molar-refractivity contribution in [2.24, 2.45) is 0 Å². The average Bonchev–Trinajstić information content (AvgIpc) is 3.03. The molecule has 3 rings (SSSR count). The van der Waals surface area contributed by atoms with Crippen molar-refractivity contribution in [1.82, 2.24) is 13.5 Å². The lowest BCUT2D eigenvalue weighted by Crippen LogP contribution is -2.42. The Balaban J connectivity index is 2.03. The Kier molecular flexibility index (Phi) is 4.73. The number of aromatic nitrogens is 3. The van der Waals surface area contributed by atoms with E-state index in [1.807, 2.05) is 0 Å². The van der Waals surface area contributed by atoms with Crippen LogP contribution < -0.4 is 16.6 Å². The van der Waals surface area contributed by atoms with E-state index in [1.54, 1.807) is 43.5 Å². The van der Waals surface area contributed by atoms with Gasteiger partial charge in [0.25, 0.3) is 5.56 Å². The number of para-hydroxylation sites is 1. The fourth-order valence-electron chi connectivity index (χ4n) is 2.51. The number of anilines is 1. The first-order valence-corrected chi connectivity index (χ1v) is 8.75. The summed E-state index contributed by atoms with van der Waals surface area (Å²) in [6.07, 6.45) is 0. The fourth-order valence-corrected chi connectivity index (χ4v) is 3.36. The molecule has 25 heavy (non-hydrogen) atoms. The Morgan fingerprint density at radius 2 is 2.04 bits per heavy atom. The van der Waals surface area contributed by atoms with Crippen LogP contribution in [0.2, 0.25) is 5.02 Å². The van der Waals surface area contributed by atoms with Crippen molar-refractivity contribution in [2.45, 2.75) is 26.4 Å². The van der Waals surface area contributed by atoms with Gasteiger partial charge in [-0.2, -0.15) is 4.37 Å². The van der Waals surface area contributed by atoms with Crippen molar-refractivity contribution >= 4 is 45.8 Å². The smallest absolute Gasteiger partial charge is 0.323 e. The molecule has 1 amide bonds. The summed E-state index contributed by atoms with van der Waals surface area (Å²) in [5.74, 6) is -0.420. The molecule has 0 aliphatic heterocycles. The number of amides is 1. The lowest BCUT2D eigenvalue weighted by molar-refractivity contribution is -0.116. The lowest BCUT2D eigenvalue weighted by Gasteiger charge is -2.14. The van der Waals surface area contributed by atoms with E-state index in [2.05, 4.69) is 9.69 Å². The average molecular weight is 379 g/mol. The summed E-state index contributed by atoms with van der Waals surface area (Å²) in [6, 6.07) is 6.47. The second-order valence-corrected chi connectivity index (χ2v) is 6.75. The SMILES string of the molecule is CC(C)n1c(=O)c2nscc2n(CC(=O)Nc2ccccc2Cl)c1=O. The van der Waals surface area contributed by atoms with Crippen LogP contribution in [0.3, 0.4) is 0 Å². The number of carbonyl (C=O) groups is 1. The zero-order chi connectivity index (χ0) is 18.1. The normalized spacial score (nSPS) is 11.2. The topological polar surface area (TPSA) is 86.0 Å². The highest BCUT2D eigenvalue weighted by atomic mass is 35.5. The van der Waals surface area contributed by atoms with Crippen LogP contribution in [0.4, 0.5) is 5.69 Å². The summed E-state index contributed by atoms with van der Waals surface area (Å²) in [4.78, 5) is 37.5. The number of hydrogen-bond donors (Lipinski definition) is 1. The van der Waals surface area contributed by atoms with Crippen LogP contribution in [0.15, 0.2) is 39.2 Å². The molecule has 9 heteroatoms. The highest BCUT2D eigenvalue weighted by Gasteiger charge is 2.19. The van der Waals surface area contributed by atoms with Crippen LogP contribution in [0.1, 0.15) is 19.9 Å². The van der Waals surface area contributed by atoms with Crippen LogP contribution >= 0.6 is 23.1 Å². The molecule has 3 aromatic rings. The molecule has 0 bridgehead atoms. The van der Waals surface area contributed by atoms with Gasteiger partial charge in [-0.3, -0.25) is 18.7 Å². The molecule has 0 saturated heterocycles. The molecular weight excluding hydrogens is 364 g/mol. The minimum Gasteiger partial charge on any atom is -0.323 e. The van der Waals surface area contributed by atoms with Gasteiger partial charge in [0.2, 0.25) is 5.91 Å². The molecule has 2 aromatic heterocycles.